The van der Waals surface area contributed by atoms with Crippen LogP contribution in [0.2, 0.25) is 0 Å². The molecule has 4 rings (SSSR count). The van der Waals surface area contributed by atoms with Crippen molar-refractivity contribution in [3.8, 4) is 11.5 Å². The molecule has 40 heavy (non-hydrogen) atoms. The second-order valence-electron chi connectivity index (χ2n) is 10.5. The number of ketones is 1. The standard InChI is InChI=1S/C30H37N3O7/c1-19(2)17-39-23-8-9-24(20(3)16-23)28(35)26-27(21-4-6-22(7-5-21)40-18-25(31)34)33(30(37)29(26)36)11-10-32-12-14-38-15-13-32/h4-9,16,19,27,35H,10-15,17-18H2,1-3H3,(H2,31,34)/b28-26+. The molecule has 1 unspecified atom stereocenters. The molecule has 0 saturated carbocycles. The molecule has 1 atom stereocenters. The molecule has 10 nitrogen and oxygen atoms in total. The summed E-state index contributed by atoms with van der Waals surface area (Å²) in [5.74, 6) is -0.802. The van der Waals surface area contributed by atoms with E-state index in [-0.39, 0.29) is 17.9 Å². The Kier molecular flexibility index (Phi) is 9.44. The van der Waals surface area contributed by atoms with E-state index < -0.39 is 23.6 Å². The molecule has 0 aliphatic carbocycles. The Bertz CT molecular complexity index is 1270. The van der Waals surface area contributed by atoms with Gasteiger partial charge < -0.3 is 30.0 Å². The Balaban J connectivity index is 1.69. The van der Waals surface area contributed by atoms with Gasteiger partial charge in [0.15, 0.2) is 6.61 Å². The molecule has 2 fully saturated rings. The second-order valence-corrected chi connectivity index (χ2v) is 10.5. The number of likely N-dealkylation sites (tertiary alicyclic amines) is 1. The van der Waals surface area contributed by atoms with Crippen molar-refractivity contribution in [3.63, 3.8) is 0 Å². The van der Waals surface area contributed by atoms with Gasteiger partial charge in [0.05, 0.1) is 31.4 Å². The van der Waals surface area contributed by atoms with E-state index in [9.17, 15) is 19.5 Å². The van der Waals surface area contributed by atoms with Gasteiger partial charge in [-0.2, -0.15) is 0 Å². The van der Waals surface area contributed by atoms with Crippen LogP contribution in [0.3, 0.4) is 0 Å². The summed E-state index contributed by atoms with van der Waals surface area (Å²) in [6.45, 7) is 9.80. The number of hydrogen-bond donors (Lipinski definition) is 2. The maximum absolute atomic E-state index is 13.4. The first-order valence-corrected chi connectivity index (χ1v) is 13.5. The molecule has 3 N–H and O–H groups in total. The van der Waals surface area contributed by atoms with Crippen molar-refractivity contribution >= 4 is 23.4 Å². The average Bonchev–Trinajstić information content (AvgIpc) is 3.19. The number of hydrogen-bond acceptors (Lipinski definition) is 8. The highest BCUT2D eigenvalue weighted by Gasteiger charge is 2.46. The van der Waals surface area contributed by atoms with Crippen molar-refractivity contribution in [2.24, 2.45) is 11.7 Å². The van der Waals surface area contributed by atoms with Gasteiger partial charge >= 0.3 is 0 Å². The van der Waals surface area contributed by atoms with Crippen LogP contribution in [0.1, 0.15) is 36.6 Å². The van der Waals surface area contributed by atoms with Crippen molar-refractivity contribution in [1.29, 1.82) is 0 Å². The Morgan fingerprint density at radius 1 is 1.05 bits per heavy atom. The van der Waals surface area contributed by atoms with Gasteiger partial charge in [0.25, 0.3) is 17.6 Å². The lowest BCUT2D eigenvalue weighted by Gasteiger charge is -2.31. The predicted octanol–water partition coefficient (Wildman–Crippen LogP) is 2.65. The molecule has 214 valence electrons. The number of ether oxygens (including phenoxy) is 3. The number of aliphatic hydroxyl groups is 1. The van der Waals surface area contributed by atoms with Crippen LogP contribution in [0.25, 0.3) is 5.76 Å². The number of nitrogens with two attached hydrogens (primary N) is 1. The molecule has 10 heteroatoms. The largest absolute Gasteiger partial charge is 0.507 e. The molecule has 0 aromatic heterocycles. The fourth-order valence-electron chi connectivity index (χ4n) is 4.83. The topological polar surface area (TPSA) is 132 Å². The molecule has 2 aromatic carbocycles. The van der Waals surface area contributed by atoms with Crippen LogP contribution >= 0.6 is 0 Å². The molecule has 0 bridgehead atoms. The summed E-state index contributed by atoms with van der Waals surface area (Å²) in [6, 6.07) is 11.2. The first kappa shape index (κ1) is 29.1. The van der Waals surface area contributed by atoms with Gasteiger partial charge in [-0.1, -0.05) is 26.0 Å². The predicted molar refractivity (Wildman–Crippen MR) is 149 cm³/mol. The van der Waals surface area contributed by atoms with Crippen molar-refractivity contribution in [1.82, 2.24) is 9.80 Å². The summed E-state index contributed by atoms with van der Waals surface area (Å²) < 4.78 is 16.6. The number of carbonyl (C=O) groups is 3. The third kappa shape index (κ3) is 6.81. The van der Waals surface area contributed by atoms with Crippen molar-refractivity contribution in [3.05, 3.63) is 64.7 Å². The summed E-state index contributed by atoms with van der Waals surface area (Å²) in [6.07, 6.45) is 0. The number of rotatable bonds is 11. The zero-order valence-corrected chi connectivity index (χ0v) is 23.2. The fraction of sp³-hybridized carbons (Fsp3) is 0.433. The Morgan fingerprint density at radius 2 is 1.73 bits per heavy atom. The minimum absolute atomic E-state index is 0.0248. The number of benzene rings is 2. The zero-order valence-electron chi connectivity index (χ0n) is 23.2. The highest BCUT2D eigenvalue weighted by Crippen LogP contribution is 2.40. The number of aryl methyl sites for hydroxylation is 1. The number of primary amides is 1. The second kappa shape index (κ2) is 13.0. The fourth-order valence-corrected chi connectivity index (χ4v) is 4.83. The third-order valence-corrected chi connectivity index (χ3v) is 6.91. The molecule has 2 amide bonds. The molecule has 2 saturated heterocycles. The van der Waals surface area contributed by atoms with Gasteiger partial charge in [0.2, 0.25) is 0 Å². The van der Waals surface area contributed by atoms with E-state index in [0.29, 0.717) is 67.0 Å². The van der Waals surface area contributed by atoms with Gasteiger partial charge in [-0.15, -0.1) is 0 Å². The van der Waals surface area contributed by atoms with Crippen LogP contribution in [-0.2, 0) is 19.1 Å². The number of aliphatic hydroxyl groups excluding tert-OH is 1. The summed E-state index contributed by atoms with van der Waals surface area (Å²) in [5.41, 5.74) is 6.99. The summed E-state index contributed by atoms with van der Waals surface area (Å²) in [4.78, 5) is 41.5. The molecule has 2 aromatic rings. The highest BCUT2D eigenvalue weighted by atomic mass is 16.5. The van der Waals surface area contributed by atoms with E-state index in [0.717, 1.165) is 13.1 Å². The summed E-state index contributed by atoms with van der Waals surface area (Å²) in [7, 11) is 0. The van der Waals surface area contributed by atoms with E-state index in [4.69, 9.17) is 19.9 Å². The number of nitrogens with zero attached hydrogens (tertiary/aromatic N) is 2. The number of carbonyl (C=O) groups excluding carboxylic acids is 3. The van der Waals surface area contributed by atoms with Gasteiger partial charge in [-0.05, 0) is 54.3 Å². The van der Waals surface area contributed by atoms with Crippen LogP contribution in [0.4, 0.5) is 0 Å². The quantitative estimate of drug-likeness (QED) is 0.248. The molecule has 0 radical (unpaired) electrons. The number of morpholine rings is 1. The normalized spacial score (nSPS) is 19.3. The first-order chi connectivity index (χ1) is 19.2. The summed E-state index contributed by atoms with van der Waals surface area (Å²) >= 11 is 0. The maximum atomic E-state index is 13.4. The SMILES string of the molecule is Cc1cc(OCC(C)C)ccc1/C(O)=C1\C(=O)C(=O)N(CCN2CCOCC2)C1c1ccc(OCC(N)=O)cc1. The smallest absolute Gasteiger partial charge is 0.295 e. The Morgan fingerprint density at radius 3 is 2.35 bits per heavy atom. The number of amides is 2. The van der Waals surface area contributed by atoms with Crippen molar-refractivity contribution < 1.29 is 33.7 Å². The van der Waals surface area contributed by atoms with E-state index >= 15 is 0 Å². The van der Waals surface area contributed by atoms with Crippen molar-refractivity contribution in [2.45, 2.75) is 26.8 Å². The van der Waals surface area contributed by atoms with E-state index in [1.807, 2.05) is 13.0 Å². The minimum Gasteiger partial charge on any atom is -0.507 e. The average molecular weight is 552 g/mol. The lowest BCUT2D eigenvalue weighted by Crippen LogP contribution is -2.42. The number of Topliss-reactive ketones (excluding diaryl/α,β-unsaturated/α-hetero) is 1. The lowest BCUT2D eigenvalue weighted by molar-refractivity contribution is -0.140. The van der Waals surface area contributed by atoms with Crippen molar-refractivity contribution in [2.75, 3.05) is 52.6 Å². The highest BCUT2D eigenvalue weighted by molar-refractivity contribution is 6.46. The van der Waals surface area contributed by atoms with Crippen LogP contribution in [0.5, 0.6) is 11.5 Å². The molecule has 2 heterocycles. The van der Waals surface area contributed by atoms with Gasteiger partial charge in [0, 0.05) is 31.7 Å². The Labute approximate surface area is 234 Å². The van der Waals surface area contributed by atoms with Gasteiger partial charge in [-0.25, -0.2) is 0 Å². The van der Waals surface area contributed by atoms with Crippen LogP contribution < -0.4 is 15.2 Å². The van der Waals surface area contributed by atoms with Crippen LogP contribution in [-0.4, -0.2) is 85.1 Å². The van der Waals surface area contributed by atoms with E-state index in [1.165, 1.54) is 4.90 Å². The Hall–Kier alpha value is -3.89. The van der Waals surface area contributed by atoms with Crippen LogP contribution in [0, 0.1) is 12.8 Å². The summed E-state index contributed by atoms with van der Waals surface area (Å²) in [5, 5.41) is 11.5. The monoisotopic (exact) mass is 551 g/mol. The molecule has 2 aliphatic heterocycles. The van der Waals surface area contributed by atoms with Crippen LogP contribution in [0.15, 0.2) is 48.0 Å². The van der Waals surface area contributed by atoms with E-state index in [1.54, 1.807) is 36.4 Å². The molecule has 2 aliphatic rings. The zero-order chi connectivity index (χ0) is 28.8. The van der Waals surface area contributed by atoms with Gasteiger partial charge in [0.1, 0.15) is 17.3 Å². The molecule has 0 spiro atoms. The lowest BCUT2D eigenvalue weighted by atomic mass is 9.94. The third-order valence-electron chi connectivity index (χ3n) is 6.91. The maximum Gasteiger partial charge on any atom is 0.295 e. The first-order valence-electron chi connectivity index (χ1n) is 13.5. The molecular formula is C30H37N3O7. The molecular weight excluding hydrogens is 514 g/mol. The minimum atomic E-state index is -0.803. The van der Waals surface area contributed by atoms with Gasteiger partial charge in [-0.3, -0.25) is 19.3 Å². The van der Waals surface area contributed by atoms with E-state index in [2.05, 4.69) is 18.7 Å².